The highest BCUT2D eigenvalue weighted by molar-refractivity contribution is 7.46. The Hall–Kier alpha value is -0.0200. The summed E-state index contributed by atoms with van der Waals surface area (Å²) in [4.78, 5) is 11.2. The second-order valence-corrected chi connectivity index (χ2v) is 5.76. The lowest BCUT2D eigenvalue weighted by Crippen LogP contribution is -2.28. The molecule has 0 aromatic heterocycles. The summed E-state index contributed by atoms with van der Waals surface area (Å²) < 4.78 is 20.6. The fourth-order valence-electron chi connectivity index (χ4n) is 0.657. The van der Waals surface area contributed by atoms with Crippen LogP contribution in [0.25, 0.3) is 0 Å². The van der Waals surface area contributed by atoms with Crippen LogP contribution in [0.1, 0.15) is 34.6 Å². The van der Waals surface area contributed by atoms with Crippen LogP contribution in [0.15, 0.2) is 0 Å². The van der Waals surface area contributed by atoms with Crippen molar-refractivity contribution in [3.05, 3.63) is 6.92 Å². The minimum absolute atomic E-state index is 0.775. The highest BCUT2D eigenvalue weighted by atomic mass is 31.2. The number of phosphoric ester groups is 1. The third-order valence-corrected chi connectivity index (χ3v) is 2.23. The Bertz CT molecular complexity index is 191. The molecule has 13 heavy (non-hydrogen) atoms. The molecular formula is C8H17O4P. The van der Waals surface area contributed by atoms with Crippen molar-refractivity contribution in [2.45, 2.75) is 45.8 Å². The lowest BCUT2D eigenvalue weighted by atomic mass is 10.2. The molecule has 0 N–H and O–H groups in total. The summed E-state index contributed by atoms with van der Waals surface area (Å²) >= 11 is 0. The normalized spacial score (nSPS) is 18.3. The molecule has 0 aromatic carbocycles. The van der Waals surface area contributed by atoms with E-state index >= 15 is 0 Å². The van der Waals surface area contributed by atoms with Gasteiger partial charge in [0.1, 0.15) is 0 Å². The van der Waals surface area contributed by atoms with Gasteiger partial charge in [0.05, 0.1) is 12.5 Å². The van der Waals surface area contributed by atoms with E-state index in [9.17, 15) is 9.46 Å². The van der Waals surface area contributed by atoms with Crippen LogP contribution in [0.4, 0.5) is 0 Å². The first-order valence-electron chi connectivity index (χ1n) is 3.99. The fraction of sp³-hybridized carbons (Fsp3) is 0.875. The van der Waals surface area contributed by atoms with Crippen LogP contribution in [-0.2, 0) is 13.6 Å². The average molecular weight is 208 g/mol. The van der Waals surface area contributed by atoms with Crippen molar-refractivity contribution in [1.82, 2.24) is 0 Å². The van der Waals surface area contributed by atoms with Crippen LogP contribution >= 0.6 is 7.82 Å². The molecule has 0 aromatic rings. The van der Waals surface area contributed by atoms with Gasteiger partial charge < -0.3 is 9.42 Å². The fourth-order valence-corrected chi connectivity index (χ4v) is 1.97. The van der Waals surface area contributed by atoms with Gasteiger partial charge in [-0.25, -0.2) is 0 Å². The van der Waals surface area contributed by atoms with Crippen LogP contribution in [0.3, 0.4) is 0 Å². The van der Waals surface area contributed by atoms with Crippen molar-refractivity contribution in [3.63, 3.8) is 0 Å². The molecule has 5 heteroatoms. The molecule has 0 aliphatic rings. The third kappa shape index (κ3) is 8.31. The lowest BCUT2D eigenvalue weighted by Gasteiger charge is -2.32. The van der Waals surface area contributed by atoms with Crippen LogP contribution < -0.4 is 4.89 Å². The van der Waals surface area contributed by atoms with Crippen LogP contribution in [-0.4, -0.2) is 11.2 Å². The molecule has 0 amide bonds. The molecule has 4 nitrogen and oxygen atoms in total. The maximum Gasteiger partial charge on any atom is 0.272 e. The molecular weight excluding hydrogens is 191 g/mol. The molecule has 0 radical (unpaired) electrons. The Kier molecular flexibility index (Phi) is 3.61. The summed E-state index contributed by atoms with van der Waals surface area (Å²) in [5.41, 5.74) is -1.77. The second kappa shape index (κ2) is 3.62. The number of hydrogen-bond donors (Lipinski definition) is 0. The van der Waals surface area contributed by atoms with Crippen molar-refractivity contribution in [2.24, 2.45) is 0 Å². The standard InChI is InChI=1S/C8H17O4P/c1-7(2,3)11-13(9,10)12-8(4,5)6/h1H2,2-6H3. The molecule has 0 saturated carbocycles. The molecule has 0 aliphatic heterocycles. The van der Waals surface area contributed by atoms with E-state index in [0.29, 0.717) is 0 Å². The average Bonchev–Trinajstić information content (AvgIpc) is 1.43. The van der Waals surface area contributed by atoms with Gasteiger partial charge in [-0.3, -0.25) is 9.09 Å². The van der Waals surface area contributed by atoms with Gasteiger partial charge in [0.25, 0.3) is 7.82 Å². The van der Waals surface area contributed by atoms with Crippen molar-refractivity contribution in [3.8, 4) is 0 Å². The maximum atomic E-state index is 11.2. The monoisotopic (exact) mass is 208 g/mol. The maximum absolute atomic E-state index is 11.2. The first-order valence-corrected chi connectivity index (χ1v) is 5.45. The zero-order chi connectivity index (χ0) is 10.9. The zero-order valence-corrected chi connectivity index (χ0v) is 9.68. The van der Waals surface area contributed by atoms with Gasteiger partial charge in [0.2, 0.25) is 5.60 Å². The Morgan fingerprint density at radius 3 is 1.77 bits per heavy atom. The Morgan fingerprint density at radius 2 is 1.54 bits per heavy atom. The summed E-state index contributed by atoms with van der Waals surface area (Å²) in [5.74, 6) is 0. The van der Waals surface area contributed by atoms with E-state index in [1.807, 2.05) is 0 Å². The zero-order valence-electron chi connectivity index (χ0n) is 8.79. The largest absolute Gasteiger partial charge is 0.756 e. The molecule has 0 rings (SSSR count). The summed E-state index contributed by atoms with van der Waals surface area (Å²) in [6, 6.07) is 0. The number of phosphoric acid groups is 1. The smallest absolute Gasteiger partial charge is 0.272 e. The van der Waals surface area contributed by atoms with E-state index < -0.39 is 19.0 Å². The van der Waals surface area contributed by atoms with Crippen molar-refractivity contribution < 1.29 is 18.5 Å². The number of hydrogen-bond acceptors (Lipinski definition) is 4. The number of rotatable bonds is 3. The molecule has 0 aliphatic carbocycles. The molecule has 0 fully saturated rings. The van der Waals surface area contributed by atoms with E-state index in [0.717, 1.165) is 0 Å². The van der Waals surface area contributed by atoms with Gasteiger partial charge in [0.15, 0.2) is 0 Å². The molecule has 1 unspecified atom stereocenters. The van der Waals surface area contributed by atoms with Gasteiger partial charge in [-0.1, -0.05) is 0 Å². The Balaban J connectivity index is 4.35. The summed E-state index contributed by atoms with van der Waals surface area (Å²) in [6.07, 6.45) is 0. The third-order valence-electron chi connectivity index (χ3n) is 0.745. The van der Waals surface area contributed by atoms with Gasteiger partial charge in [0, 0.05) is 13.8 Å². The Labute approximate surface area is 79.9 Å². The SMILES string of the molecule is [CH2+]C(C)(C)OP(=O)([O-])OC(C)(C)C. The van der Waals surface area contributed by atoms with Crippen LogP contribution in [0.5, 0.6) is 0 Å². The van der Waals surface area contributed by atoms with E-state index in [1.165, 1.54) is 0 Å². The van der Waals surface area contributed by atoms with Gasteiger partial charge in [-0.2, -0.15) is 0 Å². The molecule has 0 saturated heterocycles. The van der Waals surface area contributed by atoms with Gasteiger partial charge in [-0.15, -0.1) is 0 Å². The van der Waals surface area contributed by atoms with E-state index in [1.54, 1.807) is 34.6 Å². The van der Waals surface area contributed by atoms with Crippen LogP contribution in [0, 0.1) is 6.92 Å². The second-order valence-electron chi connectivity index (χ2n) is 4.50. The van der Waals surface area contributed by atoms with E-state index in [4.69, 9.17) is 4.52 Å². The highest BCUT2D eigenvalue weighted by Crippen LogP contribution is 2.46. The van der Waals surface area contributed by atoms with Crippen molar-refractivity contribution in [2.75, 3.05) is 0 Å². The topological polar surface area (TPSA) is 58.6 Å². The predicted octanol–water partition coefficient (Wildman–Crippen LogP) is 1.90. The molecule has 0 spiro atoms. The molecule has 0 heterocycles. The quantitative estimate of drug-likeness (QED) is 0.525. The summed E-state index contributed by atoms with van der Waals surface area (Å²) in [5, 5.41) is 0. The highest BCUT2D eigenvalue weighted by Gasteiger charge is 2.29. The van der Waals surface area contributed by atoms with Gasteiger partial charge >= 0.3 is 0 Å². The molecule has 0 bridgehead atoms. The first kappa shape index (κ1) is 13.0. The summed E-state index contributed by atoms with van der Waals surface area (Å²) in [7, 11) is -4.25. The van der Waals surface area contributed by atoms with Crippen molar-refractivity contribution >= 4 is 7.82 Å². The van der Waals surface area contributed by atoms with E-state index in [-0.39, 0.29) is 0 Å². The lowest BCUT2D eigenvalue weighted by molar-refractivity contribution is -0.240. The first-order chi connectivity index (χ1) is 5.41. The Morgan fingerprint density at radius 1 is 1.15 bits per heavy atom. The molecule has 1 atom stereocenters. The van der Waals surface area contributed by atoms with Gasteiger partial charge in [-0.05, 0) is 20.8 Å². The minimum atomic E-state index is -4.25. The minimum Gasteiger partial charge on any atom is -0.756 e. The van der Waals surface area contributed by atoms with Crippen LogP contribution in [0.2, 0.25) is 0 Å². The van der Waals surface area contributed by atoms with Crippen molar-refractivity contribution in [1.29, 1.82) is 0 Å². The molecule has 78 valence electrons. The predicted molar refractivity (Wildman–Crippen MR) is 49.0 cm³/mol. The summed E-state index contributed by atoms with van der Waals surface area (Å²) in [6.45, 7) is 11.5. The van der Waals surface area contributed by atoms with E-state index in [2.05, 4.69) is 11.4 Å².